The quantitative estimate of drug-likeness (QED) is 0.175. The number of rotatable bonds is 4. The Morgan fingerprint density at radius 1 is 0.385 bits per heavy atom. The summed E-state index contributed by atoms with van der Waals surface area (Å²) in [4.78, 5) is 9.60. The summed E-state index contributed by atoms with van der Waals surface area (Å²) in [6.45, 7) is 4.13. The van der Waals surface area contributed by atoms with Crippen molar-refractivity contribution in [2.45, 2.75) is 13.8 Å². The molecule has 0 bridgehead atoms. The van der Waals surface area contributed by atoms with Crippen molar-refractivity contribution < 1.29 is 0 Å². The molecule has 0 spiro atoms. The summed E-state index contributed by atoms with van der Waals surface area (Å²) in [5.41, 5.74) is 14.0. The van der Waals surface area contributed by atoms with Gasteiger partial charge in [-0.15, -0.1) is 0 Å². The second-order valence-electron chi connectivity index (χ2n) is 14.0. The maximum absolute atomic E-state index is 4.80. The minimum Gasteiger partial charge on any atom is -0.331 e. The molecule has 0 radical (unpaired) electrons. The minimum absolute atomic E-state index is 1.01. The Morgan fingerprint density at radius 3 is 1.42 bits per heavy atom. The van der Waals surface area contributed by atoms with Gasteiger partial charge in [0.25, 0.3) is 0 Å². The lowest BCUT2D eigenvalue weighted by atomic mass is 9.83. The number of hydrogen-bond donors (Lipinski definition) is 0. The Bertz CT molecular complexity index is 2910. The van der Waals surface area contributed by atoms with E-state index >= 15 is 0 Å². The summed E-state index contributed by atoms with van der Waals surface area (Å²) < 4.78 is 4.36. The van der Waals surface area contributed by atoms with Crippen LogP contribution >= 0.6 is 0 Å². The highest BCUT2D eigenvalue weighted by molar-refractivity contribution is 6.21. The molecule has 0 unspecified atom stereocenters. The van der Waals surface area contributed by atoms with Crippen molar-refractivity contribution in [3.05, 3.63) is 157 Å². The number of imidazole rings is 2. The van der Waals surface area contributed by atoms with Crippen LogP contribution < -0.4 is 0 Å². The van der Waals surface area contributed by atoms with Crippen LogP contribution in [0.25, 0.3) is 98.9 Å². The van der Waals surface area contributed by atoms with E-state index in [1.165, 1.54) is 76.8 Å². The second-order valence-corrected chi connectivity index (χ2v) is 14.0. The van der Waals surface area contributed by atoms with E-state index < -0.39 is 0 Å². The van der Waals surface area contributed by atoms with Gasteiger partial charge in [-0.1, -0.05) is 103 Å². The van der Waals surface area contributed by atoms with Gasteiger partial charge in [0.15, 0.2) is 0 Å². The molecule has 2 aromatic heterocycles. The van der Waals surface area contributed by atoms with Crippen LogP contribution in [0.2, 0.25) is 0 Å². The van der Waals surface area contributed by atoms with Gasteiger partial charge in [0.1, 0.15) is 11.6 Å². The van der Waals surface area contributed by atoms with E-state index in [9.17, 15) is 0 Å². The Balaban J connectivity index is 1.35. The number of nitrogens with zero attached hydrogens (tertiary/aromatic N) is 4. The normalized spacial score (nSPS) is 11.8. The standard InChI is InChI=1S/C48H36N4/c1-29-49-44-22-20-34(26-46(44)51(29)3)36-16-10-18-38-41(36)28-42-37(35-21-23-45-47(27-35)52(4)30(2)50-45)17-11-19-39(42)48(38)43-25-33-15-9-8-14-32(33)24-40(43)31-12-6-5-7-13-31/h5-28H,1-4H3. The van der Waals surface area contributed by atoms with E-state index in [-0.39, 0.29) is 0 Å². The van der Waals surface area contributed by atoms with Gasteiger partial charge >= 0.3 is 0 Å². The van der Waals surface area contributed by atoms with Gasteiger partial charge < -0.3 is 9.13 Å². The highest BCUT2D eigenvalue weighted by Crippen LogP contribution is 2.47. The third kappa shape index (κ3) is 4.61. The first kappa shape index (κ1) is 30.3. The zero-order chi connectivity index (χ0) is 35.1. The Morgan fingerprint density at radius 2 is 0.885 bits per heavy atom. The second kappa shape index (κ2) is 11.5. The van der Waals surface area contributed by atoms with E-state index in [2.05, 4.69) is 183 Å². The van der Waals surface area contributed by atoms with Crippen molar-refractivity contribution in [1.82, 2.24) is 19.1 Å². The van der Waals surface area contributed by atoms with Crippen molar-refractivity contribution in [1.29, 1.82) is 0 Å². The van der Waals surface area contributed by atoms with Crippen LogP contribution in [0.3, 0.4) is 0 Å². The van der Waals surface area contributed by atoms with Crippen LogP contribution in [0.5, 0.6) is 0 Å². The van der Waals surface area contributed by atoms with E-state index in [4.69, 9.17) is 9.97 Å². The average molecular weight is 669 g/mol. The maximum atomic E-state index is 4.80. The molecule has 0 amide bonds. The van der Waals surface area contributed by atoms with Crippen LogP contribution in [0.15, 0.2) is 146 Å². The van der Waals surface area contributed by atoms with Crippen molar-refractivity contribution >= 4 is 54.4 Å². The van der Waals surface area contributed by atoms with Crippen LogP contribution in [-0.2, 0) is 14.1 Å². The Hall–Kier alpha value is -6.52. The van der Waals surface area contributed by atoms with E-state index in [1.807, 2.05) is 0 Å². The van der Waals surface area contributed by atoms with Gasteiger partial charge in [0.2, 0.25) is 0 Å². The molecule has 52 heavy (non-hydrogen) atoms. The van der Waals surface area contributed by atoms with Gasteiger partial charge in [0.05, 0.1) is 22.1 Å². The van der Waals surface area contributed by atoms with Crippen molar-refractivity contribution in [2.24, 2.45) is 14.1 Å². The molecule has 0 N–H and O–H groups in total. The first-order chi connectivity index (χ1) is 25.4. The number of fused-ring (bicyclic) bond motifs is 5. The molecule has 0 aliphatic carbocycles. The molecular weight excluding hydrogens is 633 g/mol. The topological polar surface area (TPSA) is 35.6 Å². The fraction of sp³-hybridized carbons (Fsp3) is 0.0833. The van der Waals surface area contributed by atoms with Crippen molar-refractivity contribution in [3.63, 3.8) is 0 Å². The van der Waals surface area contributed by atoms with Gasteiger partial charge in [0, 0.05) is 14.1 Å². The summed E-state index contributed by atoms with van der Waals surface area (Å²) in [5.74, 6) is 2.02. The highest BCUT2D eigenvalue weighted by Gasteiger charge is 2.20. The van der Waals surface area contributed by atoms with Crippen LogP contribution in [0, 0.1) is 13.8 Å². The Kier molecular flexibility index (Phi) is 6.71. The fourth-order valence-corrected chi connectivity index (χ4v) is 8.22. The zero-order valence-electron chi connectivity index (χ0n) is 29.6. The summed E-state index contributed by atoms with van der Waals surface area (Å²) in [7, 11) is 4.20. The molecule has 248 valence electrons. The highest BCUT2D eigenvalue weighted by atomic mass is 15.1. The predicted octanol–water partition coefficient (Wildman–Crippen LogP) is 12.2. The van der Waals surface area contributed by atoms with Gasteiger partial charge in [-0.3, -0.25) is 0 Å². The lowest BCUT2D eigenvalue weighted by Gasteiger charge is -2.20. The third-order valence-electron chi connectivity index (χ3n) is 11.1. The molecule has 0 atom stereocenters. The molecule has 0 fully saturated rings. The Labute approximate surface area is 302 Å². The number of aromatic nitrogens is 4. The SMILES string of the molecule is Cc1nc2ccc(-c3cccc4c(-c5cc6ccccc6cc5-c5ccccc5)c5cccc(-c6ccc7nc(C)n(C)c7c6)c5cc34)cc2n1C. The lowest BCUT2D eigenvalue weighted by Crippen LogP contribution is -1.94. The van der Waals surface area contributed by atoms with Gasteiger partial charge in [-0.05, 0) is 133 Å². The lowest BCUT2D eigenvalue weighted by molar-refractivity contribution is 0.886. The summed E-state index contributed by atoms with van der Waals surface area (Å²) in [6.07, 6.45) is 0. The van der Waals surface area contributed by atoms with Gasteiger partial charge in [-0.2, -0.15) is 0 Å². The van der Waals surface area contributed by atoms with Crippen LogP contribution in [-0.4, -0.2) is 19.1 Å². The number of benzene rings is 8. The summed E-state index contributed by atoms with van der Waals surface area (Å²) >= 11 is 0. The largest absolute Gasteiger partial charge is 0.331 e. The van der Waals surface area contributed by atoms with Crippen LogP contribution in [0.1, 0.15) is 11.6 Å². The molecule has 2 heterocycles. The predicted molar refractivity (Wildman–Crippen MR) is 219 cm³/mol. The molecule has 10 rings (SSSR count). The zero-order valence-corrected chi connectivity index (χ0v) is 29.6. The summed E-state index contributed by atoms with van der Waals surface area (Å²) in [6, 6.07) is 53.7. The third-order valence-corrected chi connectivity index (χ3v) is 11.1. The van der Waals surface area contributed by atoms with E-state index in [0.29, 0.717) is 0 Å². The molecule has 10 aromatic rings. The fourth-order valence-electron chi connectivity index (χ4n) is 8.22. The summed E-state index contributed by atoms with van der Waals surface area (Å²) in [5, 5.41) is 7.36. The first-order valence-electron chi connectivity index (χ1n) is 17.9. The monoisotopic (exact) mass is 668 g/mol. The molecule has 4 nitrogen and oxygen atoms in total. The molecule has 8 aromatic carbocycles. The van der Waals surface area contributed by atoms with Gasteiger partial charge in [-0.25, -0.2) is 9.97 Å². The van der Waals surface area contributed by atoms with E-state index in [1.54, 1.807) is 0 Å². The molecule has 0 saturated carbocycles. The van der Waals surface area contributed by atoms with Crippen LogP contribution in [0.4, 0.5) is 0 Å². The number of aryl methyl sites for hydroxylation is 4. The molecule has 0 aliphatic rings. The molecule has 4 heteroatoms. The maximum Gasteiger partial charge on any atom is 0.106 e. The molecule has 0 aliphatic heterocycles. The average Bonchev–Trinajstić information content (AvgIpc) is 3.64. The van der Waals surface area contributed by atoms with Crippen molar-refractivity contribution in [2.75, 3.05) is 0 Å². The molecular formula is C48H36N4. The van der Waals surface area contributed by atoms with Crippen molar-refractivity contribution in [3.8, 4) is 44.5 Å². The molecule has 0 saturated heterocycles. The minimum atomic E-state index is 1.01. The number of hydrogen-bond acceptors (Lipinski definition) is 2. The first-order valence-corrected chi connectivity index (χ1v) is 17.9. The smallest absolute Gasteiger partial charge is 0.106 e. The van der Waals surface area contributed by atoms with E-state index in [0.717, 1.165) is 33.7 Å².